The summed E-state index contributed by atoms with van der Waals surface area (Å²) in [5, 5.41) is 8.69. The third-order valence-electron chi connectivity index (χ3n) is 1.60. The van der Waals surface area contributed by atoms with Crippen LogP contribution in [-0.2, 0) is 0 Å². The van der Waals surface area contributed by atoms with E-state index in [-0.39, 0.29) is 6.61 Å². The fourth-order valence-electron chi connectivity index (χ4n) is 0.874. The average Bonchev–Trinajstić information content (AvgIpc) is 2.18. The van der Waals surface area contributed by atoms with E-state index in [0.717, 1.165) is 0 Å². The van der Waals surface area contributed by atoms with Crippen LogP contribution in [-0.4, -0.2) is 35.3 Å². The topological polar surface area (TPSA) is 87.3 Å². The molecule has 0 bridgehead atoms. The van der Waals surface area contributed by atoms with Crippen LogP contribution in [0.25, 0.3) is 0 Å². The molecule has 0 unspecified atom stereocenters. The molecule has 0 aliphatic rings. The molecule has 6 heteroatoms. The number of hydrogen-bond acceptors (Lipinski definition) is 6. The Hall–Kier alpha value is -1.40. The fourth-order valence-corrected chi connectivity index (χ4v) is 0.874. The van der Waals surface area contributed by atoms with E-state index in [4.69, 9.17) is 10.9 Å². The van der Waals surface area contributed by atoms with Gasteiger partial charge in [-0.3, -0.25) is 4.98 Å². The first-order chi connectivity index (χ1) is 6.27. The lowest BCUT2D eigenvalue weighted by atomic mass is 10.5. The molecule has 4 N–H and O–H groups in total. The SMILES string of the molecule is CN(CCO)c1cncc(NN)n1. The number of nitrogens with zero attached hydrogens (tertiary/aromatic N) is 3. The second-order valence-corrected chi connectivity index (χ2v) is 2.55. The molecule has 0 saturated carbocycles. The van der Waals surface area contributed by atoms with Gasteiger partial charge in [0.15, 0.2) is 5.82 Å². The van der Waals surface area contributed by atoms with Crippen LogP contribution in [0.1, 0.15) is 0 Å². The minimum atomic E-state index is 0.0818. The summed E-state index contributed by atoms with van der Waals surface area (Å²) in [5.74, 6) is 6.35. The van der Waals surface area contributed by atoms with Gasteiger partial charge in [-0.05, 0) is 0 Å². The van der Waals surface area contributed by atoms with E-state index in [1.807, 2.05) is 7.05 Å². The molecule has 0 aliphatic carbocycles. The van der Waals surface area contributed by atoms with E-state index < -0.39 is 0 Å². The van der Waals surface area contributed by atoms with Crippen LogP contribution in [0.15, 0.2) is 12.4 Å². The van der Waals surface area contributed by atoms with Gasteiger partial charge in [0, 0.05) is 13.6 Å². The van der Waals surface area contributed by atoms with Crippen molar-refractivity contribution in [2.45, 2.75) is 0 Å². The van der Waals surface area contributed by atoms with Crippen molar-refractivity contribution in [3.05, 3.63) is 12.4 Å². The van der Waals surface area contributed by atoms with E-state index in [2.05, 4.69) is 15.4 Å². The number of hydrogen-bond donors (Lipinski definition) is 3. The van der Waals surface area contributed by atoms with Crippen molar-refractivity contribution >= 4 is 11.6 Å². The third-order valence-corrected chi connectivity index (χ3v) is 1.60. The quantitative estimate of drug-likeness (QED) is 0.418. The monoisotopic (exact) mass is 183 g/mol. The number of nitrogens with two attached hydrogens (primary N) is 1. The zero-order valence-corrected chi connectivity index (χ0v) is 7.44. The number of aliphatic hydroxyl groups is 1. The molecule has 1 aromatic heterocycles. The van der Waals surface area contributed by atoms with Crippen molar-refractivity contribution in [2.75, 3.05) is 30.5 Å². The Kier molecular flexibility index (Phi) is 3.41. The van der Waals surface area contributed by atoms with Gasteiger partial charge in [0.05, 0.1) is 19.0 Å². The first-order valence-corrected chi connectivity index (χ1v) is 3.88. The molecule has 1 rings (SSSR count). The lowest BCUT2D eigenvalue weighted by Crippen LogP contribution is -2.23. The third kappa shape index (κ3) is 2.53. The highest BCUT2D eigenvalue weighted by molar-refractivity contribution is 5.42. The number of aliphatic hydroxyl groups excluding tert-OH is 1. The highest BCUT2D eigenvalue weighted by Gasteiger charge is 2.02. The maximum absolute atomic E-state index is 8.69. The maximum atomic E-state index is 8.69. The molecule has 0 saturated heterocycles. The van der Waals surface area contributed by atoms with E-state index in [1.165, 1.54) is 6.20 Å². The Morgan fingerprint density at radius 1 is 1.62 bits per heavy atom. The standard InChI is InChI=1S/C7H13N5O/c1-12(2-3-13)7-5-9-4-6(10-7)11-8/h4-5,13H,2-3,8H2,1H3,(H,10,11). The van der Waals surface area contributed by atoms with Crippen molar-refractivity contribution in [2.24, 2.45) is 5.84 Å². The molecule has 6 nitrogen and oxygen atoms in total. The van der Waals surface area contributed by atoms with Crippen LogP contribution in [0.2, 0.25) is 0 Å². The minimum Gasteiger partial charge on any atom is -0.395 e. The minimum absolute atomic E-state index is 0.0818. The molecule has 0 amide bonds. The van der Waals surface area contributed by atoms with Gasteiger partial charge in [-0.15, -0.1) is 0 Å². The zero-order chi connectivity index (χ0) is 9.68. The van der Waals surface area contributed by atoms with Crippen molar-refractivity contribution in [3.63, 3.8) is 0 Å². The second kappa shape index (κ2) is 4.58. The summed E-state index contributed by atoms with van der Waals surface area (Å²) in [6.45, 7) is 0.598. The maximum Gasteiger partial charge on any atom is 0.160 e. The lowest BCUT2D eigenvalue weighted by Gasteiger charge is -2.16. The first kappa shape index (κ1) is 9.69. The Balaban J connectivity index is 2.75. The Labute approximate surface area is 76.4 Å². The Morgan fingerprint density at radius 2 is 2.38 bits per heavy atom. The molecule has 13 heavy (non-hydrogen) atoms. The average molecular weight is 183 g/mol. The molecule has 1 aromatic rings. The largest absolute Gasteiger partial charge is 0.395 e. The van der Waals surface area contributed by atoms with Gasteiger partial charge < -0.3 is 15.4 Å². The van der Waals surface area contributed by atoms with E-state index in [0.29, 0.717) is 18.2 Å². The molecule has 0 atom stereocenters. The highest BCUT2D eigenvalue weighted by atomic mass is 16.3. The lowest BCUT2D eigenvalue weighted by molar-refractivity contribution is 0.304. The summed E-state index contributed by atoms with van der Waals surface area (Å²) in [5.41, 5.74) is 2.40. The van der Waals surface area contributed by atoms with Crippen molar-refractivity contribution in [3.8, 4) is 0 Å². The van der Waals surface area contributed by atoms with Crippen LogP contribution in [0.5, 0.6) is 0 Å². The molecule has 1 heterocycles. The van der Waals surface area contributed by atoms with Crippen LogP contribution in [0.4, 0.5) is 11.6 Å². The number of likely N-dealkylation sites (N-methyl/N-ethyl adjacent to an activating group) is 1. The molecular formula is C7H13N5O. The van der Waals surface area contributed by atoms with Crippen molar-refractivity contribution in [1.29, 1.82) is 0 Å². The summed E-state index contributed by atoms with van der Waals surface area (Å²) < 4.78 is 0. The van der Waals surface area contributed by atoms with E-state index >= 15 is 0 Å². The summed E-state index contributed by atoms with van der Waals surface area (Å²) >= 11 is 0. The van der Waals surface area contributed by atoms with Crippen LogP contribution >= 0.6 is 0 Å². The van der Waals surface area contributed by atoms with Gasteiger partial charge in [-0.1, -0.05) is 0 Å². The number of aromatic nitrogens is 2. The second-order valence-electron chi connectivity index (χ2n) is 2.55. The van der Waals surface area contributed by atoms with Crippen LogP contribution in [0, 0.1) is 0 Å². The van der Waals surface area contributed by atoms with Crippen molar-refractivity contribution in [1.82, 2.24) is 9.97 Å². The Bertz CT molecular complexity index is 267. The fraction of sp³-hybridized carbons (Fsp3) is 0.429. The van der Waals surface area contributed by atoms with Crippen molar-refractivity contribution < 1.29 is 5.11 Å². The normalized spacial score (nSPS) is 9.77. The van der Waals surface area contributed by atoms with Gasteiger partial charge in [0.25, 0.3) is 0 Å². The van der Waals surface area contributed by atoms with Gasteiger partial charge in [0.2, 0.25) is 0 Å². The van der Waals surface area contributed by atoms with E-state index in [1.54, 1.807) is 11.1 Å². The predicted octanol–water partition coefficient (Wildman–Crippen LogP) is -0.809. The summed E-state index contributed by atoms with van der Waals surface area (Å²) in [4.78, 5) is 9.84. The van der Waals surface area contributed by atoms with Gasteiger partial charge in [0.1, 0.15) is 5.82 Å². The van der Waals surface area contributed by atoms with Crippen LogP contribution in [0.3, 0.4) is 0 Å². The Morgan fingerprint density at radius 3 is 3.00 bits per heavy atom. The molecule has 0 spiro atoms. The first-order valence-electron chi connectivity index (χ1n) is 3.88. The molecule has 0 fully saturated rings. The summed E-state index contributed by atoms with van der Waals surface area (Å²) in [6, 6.07) is 0. The van der Waals surface area contributed by atoms with Gasteiger partial charge >= 0.3 is 0 Å². The molecular weight excluding hydrogens is 170 g/mol. The van der Waals surface area contributed by atoms with E-state index in [9.17, 15) is 0 Å². The predicted molar refractivity (Wildman–Crippen MR) is 50.2 cm³/mol. The molecule has 0 aromatic carbocycles. The zero-order valence-electron chi connectivity index (χ0n) is 7.44. The van der Waals surface area contributed by atoms with Crippen LogP contribution < -0.4 is 16.2 Å². The summed E-state index contributed by atoms with van der Waals surface area (Å²) in [7, 11) is 1.82. The smallest absolute Gasteiger partial charge is 0.160 e. The number of anilines is 2. The molecule has 0 aliphatic heterocycles. The highest BCUT2D eigenvalue weighted by Crippen LogP contribution is 2.08. The number of nitrogen functional groups attached to an aromatic ring is 1. The van der Waals surface area contributed by atoms with Gasteiger partial charge in [-0.2, -0.15) is 0 Å². The number of rotatable bonds is 4. The number of nitrogens with one attached hydrogen (secondary N) is 1. The molecule has 72 valence electrons. The van der Waals surface area contributed by atoms with Gasteiger partial charge in [-0.25, -0.2) is 10.8 Å². The molecule has 0 radical (unpaired) electrons. The number of hydrazine groups is 1. The summed E-state index contributed by atoms with van der Waals surface area (Å²) in [6.07, 6.45) is 3.13.